The third-order valence-electron chi connectivity index (χ3n) is 4.78. The maximum Gasteiger partial charge on any atom is 0.323 e. The van der Waals surface area contributed by atoms with Gasteiger partial charge in [0.05, 0.1) is 28.8 Å². The Morgan fingerprint density at radius 3 is 2.50 bits per heavy atom. The number of ether oxygens (including phenoxy) is 1. The summed E-state index contributed by atoms with van der Waals surface area (Å²) in [7, 11) is 1.42. The first-order valence-corrected chi connectivity index (χ1v) is 10.4. The molecule has 0 aliphatic carbocycles. The summed E-state index contributed by atoms with van der Waals surface area (Å²) in [5.41, 5.74) is 3.52. The molecule has 4 rings (SSSR count). The minimum Gasteiger partial charge on any atom is -0.496 e. The molecule has 2 heterocycles. The Bertz CT molecular complexity index is 1230. The minimum absolute atomic E-state index is 0.0145. The molecule has 0 spiro atoms. The van der Waals surface area contributed by atoms with Gasteiger partial charge in [-0.05, 0) is 30.4 Å². The van der Waals surface area contributed by atoms with Crippen LogP contribution in [0.3, 0.4) is 0 Å². The number of benzene rings is 2. The molecule has 1 saturated heterocycles. The predicted molar refractivity (Wildman–Crippen MR) is 121 cm³/mol. The van der Waals surface area contributed by atoms with Crippen molar-refractivity contribution in [3.63, 3.8) is 0 Å². The van der Waals surface area contributed by atoms with E-state index in [0.29, 0.717) is 17.0 Å². The van der Waals surface area contributed by atoms with Crippen molar-refractivity contribution in [2.75, 3.05) is 18.6 Å². The topological polar surface area (TPSA) is 116 Å². The van der Waals surface area contributed by atoms with Crippen molar-refractivity contribution in [1.29, 1.82) is 0 Å². The van der Waals surface area contributed by atoms with Gasteiger partial charge in [-0.3, -0.25) is 29.5 Å². The van der Waals surface area contributed by atoms with Crippen molar-refractivity contribution < 1.29 is 29.0 Å². The molecule has 2 aromatic carbocycles. The van der Waals surface area contributed by atoms with Gasteiger partial charge < -0.3 is 9.84 Å². The van der Waals surface area contributed by atoms with Crippen LogP contribution in [0.1, 0.15) is 15.9 Å². The number of nitrogens with zero attached hydrogens (tertiary/aromatic N) is 2. The van der Waals surface area contributed by atoms with Crippen molar-refractivity contribution >= 4 is 63.3 Å². The first-order valence-electron chi connectivity index (χ1n) is 9.21. The molecule has 2 aromatic rings. The van der Waals surface area contributed by atoms with Crippen molar-refractivity contribution in [2.45, 2.75) is 0 Å². The van der Waals surface area contributed by atoms with Gasteiger partial charge in [0.2, 0.25) is 0 Å². The van der Waals surface area contributed by atoms with Gasteiger partial charge >= 0.3 is 5.97 Å². The summed E-state index contributed by atoms with van der Waals surface area (Å²) in [6.45, 7) is -0.551. The number of hydrogen-bond donors (Lipinski definition) is 2. The molecular weight excluding hydrogens is 454 g/mol. The lowest BCUT2D eigenvalue weighted by Gasteiger charge is -2.17. The molecule has 0 unspecified atom stereocenters. The van der Waals surface area contributed by atoms with Gasteiger partial charge in [0.15, 0.2) is 4.32 Å². The van der Waals surface area contributed by atoms with E-state index in [9.17, 15) is 24.3 Å². The molecule has 2 aliphatic rings. The average Bonchev–Trinajstić information content (AvgIpc) is 3.21. The van der Waals surface area contributed by atoms with Crippen LogP contribution >= 0.6 is 24.0 Å². The van der Waals surface area contributed by atoms with Crippen LogP contribution in [0.15, 0.2) is 53.4 Å². The monoisotopic (exact) mass is 469 g/mol. The Hall–Kier alpha value is -3.70. The van der Waals surface area contributed by atoms with Gasteiger partial charge in [-0.1, -0.05) is 42.1 Å². The molecule has 32 heavy (non-hydrogen) atoms. The van der Waals surface area contributed by atoms with Crippen LogP contribution in [0, 0.1) is 0 Å². The predicted octanol–water partition coefficient (Wildman–Crippen LogP) is 2.04. The van der Waals surface area contributed by atoms with Crippen molar-refractivity contribution in [2.24, 2.45) is 0 Å². The average molecular weight is 470 g/mol. The number of carbonyl (C=O) groups is 4. The molecule has 162 valence electrons. The lowest BCUT2D eigenvalue weighted by atomic mass is 10.1. The Morgan fingerprint density at radius 1 is 1.09 bits per heavy atom. The summed E-state index contributed by atoms with van der Waals surface area (Å²) < 4.78 is 5.20. The van der Waals surface area contributed by atoms with E-state index in [2.05, 4.69) is 5.43 Å². The number of carboxylic acids is 1. The summed E-state index contributed by atoms with van der Waals surface area (Å²) in [6, 6.07) is 13.1. The quantitative estimate of drug-likeness (QED) is 0.505. The van der Waals surface area contributed by atoms with Crippen LogP contribution in [0.25, 0.3) is 5.57 Å². The van der Waals surface area contributed by atoms with E-state index in [-0.39, 0.29) is 20.4 Å². The largest absolute Gasteiger partial charge is 0.496 e. The molecular formula is C21H15N3O6S2. The van der Waals surface area contributed by atoms with Crippen molar-refractivity contribution in [1.82, 2.24) is 10.4 Å². The second-order valence-corrected chi connectivity index (χ2v) is 8.30. The fraction of sp³-hybridized carbons (Fsp3) is 0.0952. The van der Waals surface area contributed by atoms with Crippen LogP contribution in [-0.4, -0.2) is 51.8 Å². The van der Waals surface area contributed by atoms with E-state index in [1.807, 2.05) is 0 Å². The molecule has 1 fully saturated rings. The highest BCUT2D eigenvalue weighted by atomic mass is 32.2. The Kier molecular flexibility index (Phi) is 5.68. The van der Waals surface area contributed by atoms with E-state index < -0.39 is 30.2 Å². The Morgan fingerprint density at radius 2 is 1.78 bits per heavy atom. The zero-order valence-electron chi connectivity index (χ0n) is 16.5. The number of thioether (sulfide) groups is 1. The van der Waals surface area contributed by atoms with Crippen molar-refractivity contribution in [3.8, 4) is 5.75 Å². The van der Waals surface area contributed by atoms with Crippen LogP contribution in [0.4, 0.5) is 5.69 Å². The van der Waals surface area contributed by atoms with E-state index in [1.54, 1.807) is 42.5 Å². The number of carbonyl (C=O) groups excluding carboxylic acids is 3. The summed E-state index contributed by atoms with van der Waals surface area (Å²) in [4.78, 5) is 51.3. The second-order valence-electron chi connectivity index (χ2n) is 6.66. The van der Waals surface area contributed by atoms with Crippen LogP contribution in [-0.2, 0) is 14.4 Å². The first-order chi connectivity index (χ1) is 15.3. The molecule has 0 saturated carbocycles. The van der Waals surface area contributed by atoms with E-state index >= 15 is 0 Å². The van der Waals surface area contributed by atoms with Crippen LogP contribution < -0.4 is 15.1 Å². The number of thiocarbonyl (C=S) groups is 1. The van der Waals surface area contributed by atoms with Gasteiger partial charge in [-0.2, -0.15) is 5.01 Å². The summed E-state index contributed by atoms with van der Waals surface area (Å²) >= 11 is 6.13. The zero-order chi connectivity index (χ0) is 23.0. The zero-order valence-corrected chi connectivity index (χ0v) is 18.2. The summed E-state index contributed by atoms with van der Waals surface area (Å²) in [5.74, 6) is -2.79. The molecule has 9 nitrogen and oxygen atoms in total. The number of methoxy groups -OCH3 is 1. The number of anilines is 1. The maximum absolute atomic E-state index is 13.1. The number of para-hydroxylation sites is 2. The van der Waals surface area contributed by atoms with Crippen molar-refractivity contribution in [3.05, 3.63) is 64.6 Å². The van der Waals surface area contributed by atoms with Crippen LogP contribution in [0.2, 0.25) is 0 Å². The number of aliphatic carboxylic acids is 1. The molecule has 0 bridgehead atoms. The van der Waals surface area contributed by atoms with Gasteiger partial charge in [0.1, 0.15) is 12.3 Å². The fourth-order valence-electron chi connectivity index (χ4n) is 3.40. The Labute approximate surface area is 191 Å². The smallest absolute Gasteiger partial charge is 0.323 e. The fourth-order valence-corrected chi connectivity index (χ4v) is 4.65. The number of rotatable bonds is 5. The van der Waals surface area contributed by atoms with Gasteiger partial charge in [-0.25, -0.2) is 0 Å². The maximum atomic E-state index is 13.1. The summed E-state index contributed by atoms with van der Waals surface area (Å²) in [6.07, 6.45) is 0. The molecule has 0 atom stereocenters. The third-order valence-corrected chi connectivity index (χ3v) is 6.15. The molecule has 3 amide bonds. The first kappa shape index (κ1) is 21.5. The molecule has 0 aromatic heterocycles. The molecule has 0 radical (unpaired) electrons. The molecule has 11 heteroatoms. The highest BCUT2D eigenvalue weighted by Crippen LogP contribution is 2.44. The Balaban J connectivity index is 1.69. The normalized spacial score (nSPS) is 17.6. The van der Waals surface area contributed by atoms with Gasteiger partial charge in [-0.15, -0.1) is 0 Å². The lowest BCUT2D eigenvalue weighted by molar-refractivity contribution is -0.136. The van der Waals surface area contributed by atoms with Gasteiger partial charge in [0, 0.05) is 5.56 Å². The number of fused-ring (bicyclic) bond motifs is 1. The van der Waals surface area contributed by atoms with E-state index in [1.165, 1.54) is 13.2 Å². The summed E-state index contributed by atoms with van der Waals surface area (Å²) in [5, 5.41) is 10.1. The molecule has 2 aliphatic heterocycles. The number of hydrogen-bond acceptors (Lipinski definition) is 7. The minimum atomic E-state index is -1.19. The van der Waals surface area contributed by atoms with E-state index in [0.717, 1.165) is 21.7 Å². The number of carboxylic acid groups (broad SMARTS) is 1. The number of hydrazine groups is 1. The van der Waals surface area contributed by atoms with Gasteiger partial charge in [0.25, 0.3) is 17.7 Å². The number of amides is 3. The number of nitrogens with one attached hydrogen (secondary N) is 1. The molecule has 2 N–H and O–H groups in total. The standard InChI is InChI=1S/C21H15N3O6S2/c1-30-14-9-5-3-7-12(14)18(27)22-24-20(29)17(32-21(24)31)16-11-6-2-4-8-13(11)23(19(16)28)10-15(25)26/h2-9H,10H2,1H3,(H,22,27)(H,25,26). The van der Waals surface area contributed by atoms with E-state index in [4.69, 9.17) is 17.0 Å². The lowest BCUT2D eigenvalue weighted by Crippen LogP contribution is -2.45. The second kappa shape index (κ2) is 8.44. The SMILES string of the molecule is COc1ccccc1C(=O)NN1C(=O)C(=C2C(=O)N(CC(=O)O)c3ccccc32)SC1=S. The highest BCUT2D eigenvalue weighted by molar-refractivity contribution is 8.26. The van der Waals surface area contributed by atoms with Crippen LogP contribution in [0.5, 0.6) is 5.75 Å². The highest BCUT2D eigenvalue weighted by Gasteiger charge is 2.43. The third kappa shape index (κ3) is 3.61.